The number of benzene rings is 1. The maximum atomic E-state index is 11.6. The second-order valence-electron chi connectivity index (χ2n) is 4.32. The van der Waals surface area contributed by atoms with Gasteiger partial charge in [0.2, 0.25) is 0 Å². The summed E-state index contributed by atoms with van der Waals surface area (Å²) in [6.07, 6.45) is 0.310. The van der Waals surface area contributed by atoms with Gasteiger partial charge in [-0.2, -0.15) is 0 Å². The third kappa shape index (κ3) is 7.43. The molecule has 0 spiro atoms. The maximum absolute atomic E-state index is 11.6. The minimum atomic E-state index is -0.955. The van der Waals surface area contributed by atoms with E-state index >= 15 is 0 Å². The van der Waals surface area contributed by atoms with E-state index < -0.39 is 12.0 Å². The van der Waals surface area contributed by atoms with E-state index in [4.69, 9.17) is 5.11 Å². The highest BCUT2D eigenvalue weighted by molar-refractivity contribution is 5.96. The molecule has 0 heterocycles. The number of carbonyl (C=O) groups excluding carboxylic acids is 2. The zero-order valence-corrected chi connectivity index (χ0v) is 11.8. The first-order chi connectivity index (χ1) is 8.90. The first-order valence-electron chi connectivity index (χ1n) is 5.82. The molecule has 1 rings (SSSR count). The van der Waals surface area contributed by atoms with Crippen LogP contribution in [0.15, 0.2) is 24.3 Å². The van der Waals surface area contributed by atoms with Gasteiger partial charge in [0, 0.05) is 12.0 Å². The van der Waals surface area contributed by atoms with Crippen LogP contribution in [0.5, 0.6) is 0 Å². The van der Waals surface area contributed by atoms with E-state index in [-0.39, 0.29) is 38.1 Å². The van der Waals surface area contributed by atoms with Crippen molar-refractivity contribution in [2.45, 2.75) is 26.8 Å². The van der Waals surface area contributed by atoms with Gasteiger partial charge in [0.1, 0.15) is 5.78 Å². The highest BCUT2D eigenvalue weighted by Crippen LogP contribution is 2.06. The van der Waals surface area contributed by atoms with Crippen molar-refractivity contribution in [2.75, 3.05) is 6.54 Å². The van der Waals surface area contributed by atoms with Crippen LogP contribution in [0.2, 0.25) is 0 Å². The van der Waals surface area contributed by atoms with E-state index in [2.05, 4.69) is 11.1 Å². The summed E-state index contributed by atoms with van der Waals surface area (Å²) in [5, 5.41) is 11.2. The van der Waals surface area contributed by atoms with Crippen LogP contribution in [0.3, 0.4) is 0 Å². The Morgan fingerprint density at radius 1 is 1.24 bits per heavy atom. The first kappa shape index (κ1) is 21.4. The molecule has 0 aliphatic rings. The van der Waals surface area contributed by atoms with E-state index in [1.165, 1.54) is 6.92 Å². The van der Waals surface area contributed by atoms with Crippen molar-refractivity contribution in [3.05, 3.63) is 35.4 Å². The van der Waals surface area contributed by atoms with Gasteiger partial charge in [-0.3, -0.25) is 9.59 Å². The molecule has 1 aromatic carbocycles. The number of rotatable bonds is 6. The standard InChI is InChI=1S/C13H16N2O4.CH4.ClH/c1-8(16)7-15-12(17)10-4-2-9(3-5-10)6-11(14)13(18)19;;/h2-5,11H,6-7,14H2,1H3,(H,15,17)(H,18,19);1H4;1H. The molecule has 1 amide bonds. The number of hydrogen-bond donors (Lipinski definition) is 3. The van der Waals surface area contributed by atoms with Crippen LogP contribution in [0.4, 0.5) is 0 Å². The van der Waals surface area contributed by atoms with Crippen molar-refractivity contribution < 1.29 is 37.6 Å². The molecule has 0 aliphatic carbocycles. The molecule has 0 bridgehead atoms. The van der Waals surface area contributed by atoms with Gasteiger partial charge in [-0.25, -0.2) is 4.79 Å². The number of halogens is 1. The average Bonchev–Trinajstić information content (AvgIpc) is 2.36. The lowest BCUT2D eigenvalue weighted by atomic mass is 10.0. The van der Waals surface area contributed by atoms with Crippen molar-refractivity contribution in [1.82, 2.24) is 5.32 Å². The van der Waals surface area contributed by atoms with Crippen LogP contribution in [-0.2, 0) is 16.0 Å². The number of carboxylic acid groups (broad SMARTS) is 1. The number of carbonyl (C=O) groups is 3. The number of ketones is 1. The SMILES string of the molecule is C.CC(=O)CNC(=O)c1ccc(CC([NH3+])C(=O)O)cc1.[Cl-]. The Labute approximate surface area is 130 Å². The number of nitrogens with one attached hydrogen (secondary N) is 1. The van der Waals surface area contributed by atoms with Crippen molar-refractivity contribution in [3.8, 4) is 0 Å². The van der Waals surface area contributed by atoms with Gasteiger partial charge < -0.3 is 28.6 Å². The summed E-state index contributed by atoms with van der Waals surface area (Å²) in [4.78, 5) is 33.0. The molecule has 0 saturated heterocycles. The number of Topliss-reactive ketones (excluding diaryl/α,β-unsaturated/α-hetero) is 1. The van der Waals surface area contributed by atoms with Crippen molar-refractivity contribution in [3.63, 3.8) is 0 Å². The molecular weight excluding hydrogens is 296 g/mol. The van der Waals surface area contributed by atoms with E-state index in [9.17, 15) is 14.4 Å². The lowest BCUT2D eigenvalue weighted by Crippen LogP contribution is -3.00. The molecule has 6 nitrogen and oxygen atoms in total. The molecule has 5 N–H and O–H groups in total. The van der Waals surface area contributed by atoms with Crippen LogP contribution in [-0.4, -0.2) is 35.4 Å². The third-order valence-electron chi connectivity index (χ3n) is 2.55. The molecular formula is C14H21ClN2O4. The number of quaternary nitrogens is 1. The Bertz CT molecular complexity index is 488. The molecule has 1 atom stereocenters. The molecule has 1 aromatic rings. The molecule has 0 radical (unpaired) electrons. The van der Waals surface area contributed by atoms with E-state index in [1.54, 1.807) is 24.3 Å². The number of amides is 1. The second-order valence-corrected chi connectivity index (χ2v) is 4.32. The summed E-state index contributed by atoms with van der Waals surface area (Å²) in [7, 11) is 0. The minimum Gasteiger partial charge on any atom is -1.00 e. The fourth-order valence-corrected chi connectivity index (χ4v) is 1.47. The van der Waals surface area contributed by atoms with Gasteiger partial charge in [0.15, 0.2) is 6.04 Å². The predicted octanol–water partition coefficient (Wildman–Crippen LogP) is -3.12. The number of aliphatic carboxylic acids is 1. The zero-order chi connectivity index (χ0) is 14.4. The smallest absolute Gasteiger partial charge is 0.362 e. The Morgan fingerprint density at radius 2 is 1.76 bits per heavy atom. The summed E-state index contributed by atoms with van der Waals surface area (Å²) in [5.74, 6) is -1.40. The molecule has 0 aliphatic heterocycles. The molecule has 21 heavy (non-hydrogen) atoms. The van der Waals surface area contributed by atoms with Gasteiger partial charge in [-0.1, -0.05) is 19.6 Å². The predicted molar refractivity (Wildman–Crippen MR) is 74.2 cm³/mol. The van der Waals surface area contributed by atoms with E-state index in [0.717, 1.165) is 5.56 Å². The molecule has 0 aromatic heterocycles. The van der Waals surface area contributed by atoms with Gasteiger partial charge in [0.05, 0.1) is 6.54 Å². The highest BCUT2D eigenvalue weighted by Gasteiger charge is 2.16. The summed E-state index contributed by atoms with van der Waals surface area (Å²) >= 11 is 0. The average molecular weight is 317 g/mol. The summed E-state index contributed by atoms with van der Waals surface area (Å²) in [5.41, 5.74) is 4.75. The zero-order valence-electron chi connectivity index (χ0n) is 11.1. The summed E-state index contributed by atoms with van der Waals surface area (Å²) in [6.45, 7) is 1.39. The Hall–Kier alpha value is -1.92. The summed E-state index contributed by atoms with van der Waals surface area (Å²) in [6, 6.07) is 5.85. The van der Waals surface area contributed by atoms with Crippen molar-refractivity contribution in [1.29, 1.82) is 0 Å². The fraction of sp³-hybridized carbons (Fsp3) is 0.357. The minimum absolute atomic E-state index is 0. The monoisotopic (exact) mass is 316 g/mol. The lowest BCUT2D eigenvalue weighted by Gasteiger charge is -2.06. The lowest BCUT2D eigenvalue weighted by molar-refractivity contribution is -0.407. The molecule has 7 heteroatoms. The molecule has 0 saturated carbocycles. The number of carboxylic acids is 1. The molecule has 118 valence electrons. The van der Waals surface area contributed by atoms with Crippen LogP contribution in [0.1, 0.15) is 30.3 Å². The largest absolute Gasteiger partial charge is 1.00 e. The normalized spacial score (nSPS) is 10.6. The molecule has 0 fully saturated rings. The van der Waals surface area contributed by atoms with Crippen LogP contribution in [0, 0.1) is 0 Å². The second kappa shape index (κ2) is 9.90. The van der Waals surface area contributed by atoms with Crippen LogP contribution in [0.25, 0.3) is 0 Å². The van der Waals surface area contributed by atoms with E-state index in [1.807, 2.05) is 0 Å². The van der Waals surface area contributed by atoms with Gasteiger partial charge in [0.25, 0.3) is 5.91 Å². The fourth-order valence-electron chi connectivity index (χ4n) is 1.47. The van der Waals surface area contributed by atoms with Crippen LogP contribution < -0.4 is 23.5 Å². The van der Waals surface area contributed by atoms with Crippen molar-refractivity contribution in [2.24, 2.45) is 0 Å². The Balaban J connectivity index is 0. The Kier molecular flexibility index (Phi) is 10.1. The van der Waals surface area contributed by atoms with E-state index in [0.29, 0.717) is 12.0 Å². The highest BCUT2D eigenvalue weighted by atomic mass is 35.5. The topological polar surface area (TPSA) is 111 Å². The van der Waals surface area contributed by atoms with Crippen molar-refractivity contribution >= 4 is 17.7 Å². The van der Waals surface area contributed by atoms with Gasteiger partial charge >= 0.3 is 5.97 Å². The Morgan fingerprint density at radius 3 is 2.19 bits per heavy atom. The maximum Gasteiger partial charge on any atom is 0.362 e. The summed E-state index contributed by atoms with van der Waals surface area (Å²) < 4.78 is 0. The third-order valence-corrected chi connectivity index (χ3v) is 2.55. The van der Waals surface area contributed by atoms with Gasteiger partial charge in [-0.15, -0.1) is 0 Å². The number of hydrogen-bond acceptors (Lipinski definition) is 3. The quantitative estimate of drug-likeness (QED) is 0.515. The van der Waals surface area contributed by atoms with Crippen LogP contribution >= 0.6 is 0 Å². The first-order valence-corrected chi connectivity index (χ1v) is 5.82. The molecule has 1 unspecified atom stereocenters. The van der Waals surface area contributed by atoms with Gasteiger partial charge in [-0.05, 0) is 24.6 Å².